The van der Waals surface area contributed by atoms with Crippen molar-refractivity contribution in [3.63, 3.8) is 0 Å². The molecule has 0 aromatic rings. The predicted molar refractivity (Wildman–Crippen MR) is 83.8 cm³/mol. The van der Waals surface area contributed by atoms with Crippen LogP contribution in [0, 0.1) is 22.2 Å². The molecule has 3 unspecified atom stereocenters. The number of aliphatic hydroxyl groups excluding tert-OH is 1. The Bertz CT molecular complexity index is 415. The summed E-state index contributed by atoms with van der Waals surface area (Å²) in [6.07, 6.45) is 9.23. The third-order valence-corrected chi connectivity index (χ3v) is 6.25. The molecule has 3 heteroatoms. The smallest absolute Gasteiger partial charge is 0.220 e. The number of aliphatic hydroxyl groups is 1. The zero-order chi connectivity index (χ0) is 15.3. The van der Waals surface area contributed by atoms with Gasteiger partial charge in [0.2, 0.25) is 5.91 Å². The summed E-state index contributed by atoms with van der Waals surface area (Å²) < 4.78 is 0. The van der Waals surface area contributed by atoms with Gasteiger partial charge in [-0.25, -0.2) is 0 Å². The number of carbonyl (C=O) groups is 1. The molecule has 4 rings (SSSR count). The molecule has 4 fully saturated rings. The molecule has 21 heavy (non-hydrogen) atoms. The van der Waals surface area contributed by atoms with Gasteiger partial charge in [0, 0.05) is 19.1 Å². The van der Waals surface area contributed by atoms with Gasteiger partial charge in [0.1, 0.15) is 0 Å². The topological polar surface area (TPSA) is 49.3 Å². The van der Waals surface area contributed by atoms with E-state index >= 15 is 0 Å². The highest BCUT2D eigenvalue weighted by molar-refractivity contribution is 5.77. The number of nitrogens with one attached hydrogen (secondary N) is 1. The van der Waals surface area contributed by atoms with E-state index in [2.05, 4.69) is 19.2 Å². The molecule has 0 heterocycles. The minimum absolute atomic E-state index is 0.0857. The Hall–Kier alpha value is -0.570. The van der Waals surface area contributed by atoms with E-state index in [0.29, 0.717) is 23.7 Å². The number of carbonyl (C=O) groups excluding carboxylic acids is 1. The first kappa shape index (κ1) is 15.3. The molecule has 120 valence electrons. The van der Waals surface area contributed by atoms with E-state index in [-0.39, 0.29) is 24.0 Å². The zero-order valence-electron chi connectivity index (χ0n) is 13.9. The Balaban J connectivity index is 1.69. The van der Waals surface area contributed by atoms with Crippen LogP contribution in [0.1, 0.15) is 72.1 Å². The van der Waals surface area contributed by atoms with E-state index in [1.54, 1.807) is 0 Å². The zero-order valence-corrected chi connectivity index (χ0v) is 13.9. The van der Waals surface area contributed by atoms with E-state index in [9.17, 15) is 4.79 Å². The van der Waals surface area contributed by atoms with Crippen LogP contribution >= 0.6 is 0 Å². The van der Waals surface area contributed by atoms with Crippen molar-refractivity contribution in [1.29, 1.82) is 0 Å². The average molecular weight is 293 g/mol. The van der Waals surface area contributed by atoms with E-state index in [4.69, 9.17) is 5.11 Å². The molecule has 2 N–H and O–H groups in total. The van der Waals surface area contributed by atoms with Gasteiger partial charge < -0.3 is 10.4 Å². The Morgan fingerprint density at radius 3 is 2.33 bits per heavy atom. The fraction of sp³-hybridized carbons (Fsp3) is 0.944. The number of amides is 1. The minimum atomic E-state index is 0.0857. The molecule has 4 aliphatic carbocycles. The predicted octanol–water partition coefficient (Wildman–Crippen LogP) is 3.26. The fourth-order valence-corrected chi connectivity index (χ4v) is 6.81. The van der Waals surface area contributed by atoms with Crippen LogP contribution in [0.2, 0.25) is 0 Å². The van der Waals surface area contributed by atoms with Gasteiger partial charge in [0.15, 0.2) is 0 Å². The van der Waals surface area contributed by atoms with Crippen molar-refractivity contribution in [3.05, 3.63) is 0 Å². The molecule has 0 aliphatic heterocycles. The van der Waals surface area contributed by atoms with Crippen molar-refractivity contribution in [1.82, 2.24) is 5.32 Å². The summed E-state index contributed by atoms with van der Waals surface area (Å²) in [5, 5.41) is 12.1. The molecule has 3 nitrogen and oxygen atoms in total. The lowest BCUT2D eigenvalue weighted by atomic mass is 9.40. The highest BCUT2D eigenvalue weighted by atomic mass is 16.3. The molecule has 0 aromatic heterocycles. The SMILES string of the molecule is CC(CCO)NC(=O)CC12CC3CC(C)(CC(C)(C3)C1)C2. The largest absolute Gasteiger partial charge is 0.396 e. The highest BCUT2D eigenvalue weighted by Gasteiger charge is 2.60. The maximum absolute atomic E-state index is 12.4. The Kier molecular flexibility index (Phi) is 3.63. The molecule has 4 aliphatic rings. The van der Waals surface area contributed by atoms with Crippen molar-refractivity contribution in [2.75, 3.05) is 6.61 Å². The van der Waals surface area contributed by atoms with Crippen molar-refractivity contribution in [3.8, 4) is 0 Å². The molecule has 0 saturated heterocycles. The van der Waals surface area contributed by atoms with E-state index in [0.717, 1.165) is 5.92 Å². The van der Waals surface area contributed by atoms with Crippen LogP contribution in [0.25, 0.3) is 0 Å². The summed E-state index contributed by atoms with van der Waals surface area (Å²) in [5.41, 5.74) is 1.21. The summed E-state index contributed by atoms with van der Waals surface area (Å²) >= 11 is 0. The Morgan fingerprint density at radius 1 is 1.19 bits per heavy atom. The lowest BCUT2D eigenvalue weighted by molar-refractivity contribution is -0.156. The van der Waals surface area contributed by atoms with Gasteiger partial charge in [-0.05, 0) is 74.0 Å². The molecular weight excluding hydrogens is 262 g/mol. The van der Waals surface area contributed by atoms with Crippen molar-refractivity contribution < 1.29 is 9.90 Å². The van der Waals surface area contributed by atoms with Crippen LogP contribution in [0.15, 0.2) is 0 Å². The Labute approximate surface area is 128 Å². The maximum atomic E-state index is 12.4. The highest BCUT2D eigenvalue weighted by Crippen LogP contribution is 2.70. The quantitative estimate of drug-likeness (QED) is 0.817. The fourth-order valence-electron chi connectivity index (χ4n) is 6.81. The van der Waals surface area contributed by atoms with E-state index in [1.165, 1.54) is 38.5 Å². The maximum Gasteiger partial charge on any atom is 0.220 e. The first-order valence-corrected chi connectivity index (χ1v) is 8.66. The molecule has 3 atom stereocenters. The molecule has 0 spiro atoms. The minimum Gasteiger partial charge on any atom is -0.396 e. The van der Waals surface area contributed by atoms with Crippen LogP contribution < -0.4 is 5.32 Å². The van der Waals surface area contributed by atoms with Crippen molar-refractivity contribution >= 4 is 5.91 Å². The summed E-state index contributed by atoms with van der Waals surface area (Å²) in [5.74, 6) is 1.05. The van der Waals surface area contributed by atoms with Crippen LogP contribution in [0.4, 0.5) is 0 Å². The average Bonchev–Trinajstić information content (AvgIpc) is 2.21. The second kappa shape index (κ2) is 4.97. The molecule has 4 bridgehead atoms. The Morgan fingerprint density at radius 2 is 1.81 bits per heavy atom. The van der Waals surface area contributed by atoms with Gasteiger partial charge in [-0.2, -0.15) is 0 Å². The van der Waals surface area contributed by atoms with Crippen LogP contribution in [-0.4, -0.2) is 23.7 Å². The van der Waals surface area contributed by atoms with Gasteiger partial charge in [-0.1, -0.05) is 13.8 Å². The standard InChI is InChI=1S/C18H31NO2/c1-13(4-5-20)19-15(21)9-18-8-14-6-16(2,11-18)10-17(3,7-14)12-18/h13-14,20H,4-12H2,1-3H3,(H,19,21). The van der Waals surface area contributed by atoms with Gasteiger partial charge >= 0.3 is 0 Å². The summed E-state index contributed by atoms with van der Waals surface area (Å²) in [7, 11) is 0. The number of hydrogen-bond acceptors (Lipinski definition) is 2. The third-order valence-electron chi connectivity index (χ3n) is 6.25. The third kappa shape index (κ3) is 2.99. The molecule has 4 saturated carbocycles. The first-order valence-electron chi connectivity index (χ1n) is 8.66. The summed E-state index contributed by atoms with van der Waals surface area (Å²) in [6, 6.07) is 0.0857. The molecule has 0 aromatic carbocycles. The van der Waals surface area contributed by atoms with Crippen molar-refractivity contribution in [2.45, 2.75) is 78.2 Å². The van der Waals surface area contributed by atoms with E-state index in [1.807, 2.05) is 6.92 Å². The van der Waals surface area contributed by atoms with Crippen LogP contribution in [0.3, 0.4) is 0 Å². The molecule has 1 amide bonds. The monoisotopic (exact) mass is 293 g/mol. The van der Waals surface area contributed by atoms with Gasteiger partial charge in [-0.15, -0.1) is 0 Å². The van der Waals surface area contributed by atoms with E-state index < -0.39 is 0 Å². The van der Waals surface area contributed by atoms with Gasteiger partial charge in [0.05, 0.1) is 0 Å². The van der Waals surface area contributed by atoms with Gasteiger partial charge in [0.25, 0.3) is 0 Å². The number of rotatable bonds is 5. The lowest BCUT2D eigenvalue weighted by Crippen LogP contribution is -2.56. The molecular formula is C18H31NO2. The first-order chi connectivity index (χ1) is 9.76. The second-order valence-corrected chi connectivity index (χ2v) is 9.29. The molecule has 0 radical (unpaired) electrons. The number of hydrogen-bond donors (Lipinski definition) is 2. The van der Waals surface area contributed by atoms with Gasteiger partial charge in [-0.3, -0.25) is 4.79 Å². The normalized spacial score (nSPS) is 45.6. The second-order valence-electron chi connectivity index (χ2n) is 9.29. The summed E-state index contributed by atoms with van der Waals surface area (Å²) in [6.45, 7) is 7.04. The van der Waals surface area contributed by atoms with Crippen LogP contribution in [0.5, 0.6) is 0 Å². The van der Waals surface area contributed by atoms with Crippen LogP contribution in [-0.2, 0) is 4.79 Å². The van der Waals surface area contributed by atoms with Crippen molar-refractivity contribution in [2.24, 2.45) is 22.2 Å². The summed E-state index contributed by atoms with van der Waals surface area (Å²) in [4.78, 5) is 12.4. The lowest BCUT2D eigenvalue weighted by Gasteiger charge is -2.65.